The number of rotatable bonds is 29. The number of likely N-dealkylation sites (tertiary alicyclic amines) is 1. The van der Waals surface area contributed by atoms with E-state index in [-0.39, 0.29) is 117 Å². The Balaban J connectivity index is 0.885. The van der Waals surface area contributed by atoms with Gasteiger partial charge in [0.2, 0.25) is 70.9 Å². The van der Waals surface area contributed by atoms with Gasteiger partial charge in [-0.3, -0.25) is 67.1 Å². The monoisotopic (exact) mass is 1530 g/mol. The molecule has 8 rings (SSSR count). The summed E-state index contributed by atoms with van der Waals surface area (Å²) in [7, 11) is 0. The van der Waals surface area contributed by atoms with Gasteiger partial charge in [-0.2, -0.15) is 0 Å². The third-order valence-corrected chi connectivity index (χ3v) is 19.0. The zero-order chi connectivity index (χ0) is 79.6. The third kappa shape index (κ3) is 21.9. The number of phenols is 2. The normalized spacial score (nSPS) is 19.5. The lowest BCUT2D eigenvalue weighted by Crippen LogP contribution is -2.60. The van der Waals surface area contributed by atoms with Crippen molar-refractivity contribution in [1.82, 2.24) is 58.1 Å². The number of anilines is 1. The number of primary amides is 2. The number of benzene rings is 4. The summed E-state index contributed by atoms with van der Waals surface area (Å²) in [5.74, 6) is -15.2. The lowest BCUT2D eigenvalue weighted by Gasteiger charge is -2.36. The molecule has 1 spiro atoms. The van der Waals surface area contributed by atoms with Gasteiger partial charge in [0.25, 0.3) is 0 Å². The molecule has 0 bridgehead atoms. The average Bonchev–Trinajstić information content (AvgIpc) is 1.59. The van der Waals surface area contributed by atoms with Gasteiger partial charge in [-0.15, -0.1) is 0 Å². The first-order chi connectivity index (χ1) is 51.7. The molecule has 2 fully saturated rings. The van der Waals surface area contributed by atoms with E-state index in [2.05, 4.69) is 58.5 Å². The fraction of sp³-hybridized carbons (Fsp3) is 0.452. The van der Waals surface area contributed by atoms with E-state index in [1.165, 1.54) is 36.1 Å². The van der Waals surface area contributed by atoms with E-state index >= 15 is 0 Å². The predicted molar refractivity (Wildman–Crippen MR) is 390 cm³/mol. The van der Waals surface area contributed by atoms with Crippen LogP contribution in [0.2, 0.25) is 0 Å². The Hall–Kier alpha value is -12.0. The van der Waals surface area contributed by atoms with Crippen molar-refractivity contribution in [1.29, 1.82) is 0 Å². The van der Waals surface area contributed by atoms with E-state index in [4.69, 9.17) is 33.2 Å². The molecule has 10 atom stereocenters. The summed E-state index contributed by atoms with van der Waals surface area (Å²) in [4.78, 5) is 204. The van der Waals surface area contributed by atoms with E-state index in [9.17, 15) is 92.3 Å². The van der Waals surface area contributed by atoms with Crippen LogP contribution in [0.3, 0.4) is 0 Å². The number of aromatic hydroxyl groups is 2. The fourth-order valence-electron chi connectivity index (χ4n) is 13.2. The zero-order valence-corrected chi connectivity index (χ0v) is 61.0. The van der Waals surface area contributed by atoms with Crippen molar-refractivity contribution >= 4 is 112 Å². The van der Waals surface area contributed by atoms with Gasteiger partial charge in [0.15, 0.2) is 10.7 Å². The number of hydrogen-bond donors (Lipinski definition) is 17. The molecule has 0 aromatic heterocycles. The summed E-state index contributed by atoms with van der Waals surface area (Å²) in [5, 5.41) is 68.8. The summed E-state index contributed by atoms with van der Waals surface area (Å²) in [6.45, 7) is 6.17. The SMILES string of the molecule is CC(=O)N[C@H](C(=O)N1CCC[C@H]1C(=O)N[C@H]1CCCCC[C@H](C(=O)N[C@@H](CC(=O)O)C(=O)N[C@@H](C)C(=O)N[C@@H](CC(=O)O)C(=O)N[C@@H](CCCCNC(=S)Nc2ccc3c(c2)C(=O)OC32c3ccc(O)cc3Oc3cc(O)ccc32)C(N)=O)NC(=O)[C@H](Cc2ccccc2)NC(=O)[C@H](CCC(N)=O)NC1=O)C(C)C. The summed E-state index contributed by atoms with van der Waals surface area (Å²) >= 11 is 5.52. The second kappa shape index (κ2) is 37.5. The number of carboxylic acids is 2. The van der Waals surface area contributed by atoms with Crippen molar-refractivity contribution < 1.29 is 102 Å². The van der Waals surface area contributed by atoms with Gasteiger partial charge in [0, 0.05) is 67.4 Å². The first-order valence-corrected chi connectivity index (χ1v) is 36.0. The lowest BCUT2D eigenvalue weighted by molar-refractivity contribution is -0.143. The summed E-state index contributed by atoms with van der Waals surface area (Å²) < 4.78 is 12.1. The minimum Gasteiger partial charge on any atom is -0.508 e. The van der Waals surface area contributed by atoms with Gasteiger partial charge in [-0.05, 0) is 118 Å². The highest BCUT2D eigenvalue weighted by molar-refractivity contribution is 7.80. The summed E-state index contributed by atoms with van der Waals surface area (Å²) in [5.41, 5.74) is 12.1. The van der Waals surface area contributed by atoms with Crippen LogP contribution in [-0.4, -0.2) is 193 Å². The first kappa shape index (κ1) is 82.7. The minimum atomic E-state index is -1.99. The number of aliphatic carboxylic acids is 2. The van der Waals surface area contributed by atoms with Crippen LogP contribution in [0, 0.1) is 5.92 Å². The maximum atomic E-state index is 14.5. The number of unbranched alkanes of at least 4 members (excludes halogenated alkanes) is 1. The van der Waals surface area contributed by atoms with Crippen LogP contribution >= 0.6 is 12.2 Å². The lowest BCUT2D eigenvalue weighted by atomic mass is 9.77. The quantitative estimate of drug-likeness (QED) is 0.0194. The minimum absolute atomic E-state index is 0.0862. The number of hydrogen-bond acceptors (Lipinski definition) is 20. The Bertz CT molecular complexity index is 4130. The second-order valence-corrected chi connectivity index (χ2v) is 27.8. The van der Waals surface area contributed by atoms with Crippen LogP contribution in [0.5, 0.6) is 23.0 Å². The summed E-state index contributed by atoms with van der Waals surface area (Å²) in [6.07, 6.45) is -2.03. The number of nitrogens with zero attached hydrogens (tertiary/aromatic N) is 1. The van der Waals surface area contributed by atoms with Gasteiger partial charge < -0.3 is 105 Å². The molecule has 0 radical (unpaired) electrons. The Morgan fingerprint density at radius 2 is 1.26 bits per heavy atom. The highest BCUT2D eigenvalue weighted by Gasteiger charge is 2.54. The molecule has 0 unspecified atom stereocenters. The Labute approximate surface area is 630 Å². The molecule has 12 amide bonds. The van der Waals surface area contributed by atoms with Crippen molar-refractivity contribution in [3.05, 3.63) is 113 Å². The van der Waals surface area contributed by atoms with Crippen LogP contribution < -0.4 is 74.7 Å². The van der Waals surface area contributed by atoms with E-state index < -0.39 is 174 Å². The molecule has 584 valence electrons. The molecule has 35 nitrogen and oxygen atoms in total. The Morgan fingerprint density at radius 3 is 1.88 bits per heavy atom. The predicted octanol–water partition coefficient (Wildman–Crippen LogP) is 0.0795. The third-order valence-electron chi connectivity index (χ3n) is 18.8. The van der Waals surface area contributed by atoms with E-state index in [0.717, 1.165) is 6.92 Å². The molecule has 4 aliphatic rings. The maximum Gasteiger partial charge on any atom is 0.340 e. The molecule has 109 heavy (non-hydrogen) atoms. The van der Waals surface area contributed by atoms with Crippen LogP contribution in [0.15, 0.2) is 84.9 Å². The number of carbonyl (C=O) groups is 15. The highest BCUT2D eigenvalue weighted by Crippen LogP contribution is 2.57. The van der Waals surface area contributed by atoms with Crippen LogP contribution in [0.4, 0.5) is 5.69 Å². The van der Waals surface area contributed by atoms with Gasteiger partial charge in [-0.1, -0.05) is 69.5 Å². The molecule has 4 aliphatic heterocycles. The number of esters is 1. The van der Waals surface area contributed by atoms with Crippen molar-refractivity contribution in [2.24, 2.45) is 17.4 Å². The summed E-state index contributed by atoms with van der Waals surface area (Å²) in [6, 6.07) is 6.81. The molecule has 4 heterocycles. The smallest absolute Gasteiger partial charge is 0.340 e. The van der Waals surface area contributed by atoms with Crippen molar-refractivity contribution in [2.45, 2.75) is 190 Å². The second-order valence-electron chi connectivity index (χ2n) is 27.4. The fourth-order valence-corrected chi connectivity index (χ4v) is 13.5. The van der Waals surface area contributed by atoms with E-state index in [1.54, 1.807) is 74.5 Å². The van der Waals surface area contributed by atoms with Crippen LogP contribution in [0.25, 0.3) is 0 Å². The van der Waals surface area contributed by atoms with Gasteiger partial charge in [0.05, 0.1) is 18.4 Å². The van der Waals surface area contributed by atoms with Crippen LogP contribution in [-0.2, 0) is 83.9 Å². The van der Waals surface area contributed by atoms with Crippen LogP contribution in [0.1, 0.15) is 150 Å². The van der Waals surface area contributed by atoms with E-state index in [0.29, 0.717) is 40.8 Å². The topological polar surface area (TPSA) is 543 Å². The number of fused-ring (bicyclic) bond motifs is 6. The zero-order valence-electron chi connectivity index (χ0n) is 60.2. The van der Waals surface area contributed by atoms with Gasteiger partial charge >= 0.3 is 17.9 Å². The number of carboxylic acid groups (broad SMARTS) is 2. The van der Waals surface area contributed by atoms with Crippen molar-refractivity contribution in [3.8, 4) is 23.0 Å². The van der Waals surface area contributed by atoms with Gasteiger partial charge in [0.1, 0.15) is 83.4 Å². The first-order valence-electron chi connectivity index (χ1n) is 35.6. The number of phenolic OH excluding ortho intramolecular Hbond substituents is 2. The number of ether oxygens (including phenoxy) is 2. The molecule has 2 saturated heterocycles. The largest absolute Gasteiger partial charge is 0.508 e. The maximum absolute atomic E-state index is 14.5. The number of carbonyl (C=O) groups excluding carboxylic acids is 13. The molecule has 0 aliphatic carbocycles. The molecular formula is C73H90N14O21S. The average molecular weight is 1530 g/mol. The molecule has 19 N–H and O–H groups in total. The number of thiocarbonyl (C=S) groups is 1. The molecule has 4 aromatic carbocycles. The number of nitrogens with two attached hydrogens (primary N) is 2. The van der Waals surface area contributed by atoms with E-state index in [1.807, 2.05) is 0 Å². The van der Waals surface area contributed by atoms with Crippen molar-refractivity contribution in [3.63, 3.8) is 0 Å². The molecule has 4 aromatic rings. The highest BCUT2D eigenvalue weighted by atomic mass is 32.1. The number of amides is 12. The standard InChI is InChI=1S/C73H90N14O21S/c1-36(2)60(78-38(4)88)70(105)87-29-13-19-54(87)69(104)83-49-18-10-6-9-17-48(81-67(102)51(30-39-14-7-5-8-15-39)85-65(100)50(82-63(49)98)26-27-57(74)91)64(99)86-52(34-58(92)93)66(101)77-37(3)62(97)84-53(35-59(94)95)68(103)80-47(61(75)96)16-11-12-28-76-72(109)79-40-20-23-44-43(31-40)71(106)108-73(44)45-24-21-41(89)32-55(45)107-56-33-42(90)22-25-46(56)73/h5,7-8,14-15,20-25,31-33,36-37,47-54,60,89-90H,6,9-13,16-19,26-30,34-35H2,1-4H3,(H2,74,91)(H2,75,96)(H,77,101)(H,78,88)(H,80,103)(H,81,102)(H,82,98)(H,83,104)(H,84,97)(H,85,100)(H,86,99)(H,92,93)(H,94,95)(H2,76,79,109)/t37-,47-,48+,49-,50-,51-,52-,53-,54-,60-/m0/s1. The van der Waals surface area contributed by atoms with Crippen molar-refractivity contribution in [2.75, 3.05) is 18.4 Å². The molecule has 36 heteroatoms. The van der Waals surface area contributed by atoms with Gasteiger partial charge in [-0.25, -0.2) is 4.79 Å². The Kier molecular flexibility index (Phi) is 28.5. The number of nitrogens with one attached hydrogen (secondary N) is 11. The molecule has 0 saturated carbocycles. The Morgan fingerprint density at radius 1 is 0.651 bits per heavy atom. The molecular weight excluding hydrogens is 1440 g/mol.